The normalized spacial score (nSPS) is 10.2. The number of ether oxygens (including phenoxy) is 1. The van der Waals surface area contributed by atoms with Crippen LogP contribution in [0.3, 0.4) is 0 Å². The minimum absolute atomic E-state index is 0.247. The average Bonchev–Trinajstić information content (AvgIpc) is 2.86. The van der Waals surface area contributed by atoms with Crippen LogP contribution in [0.4, 0.5) is 5.00 Å². The summed E-state index contributed by atoms with van der Waals surface area (Å²) < 4.78 is 4.94. The number of hydrogen-bond acceptors (Lipinski definition) is 5. The first-order valence-electron chi connectivity index (χ1n) is 6.21. The summed E-state index contributed by atoms with van der Waals surface area (Å²) in [6.45, 7) is 3.75. The molecule has 2 rings (SSSR count). The molecular formula is C14H13ClN2O3S. The molecule has 7 heteroatoms. The van der Waals surface area contributed by atoms with Gasteiger partial charge in [0.1, 0.15) is 10.2 Å². The van der Waals surface area contributed by atoms with Gasteiger partial charge in [0.2, 0.25) is 0 Å². The molecule has 21 heavy (non-hydrogen) atoms. The van der Waals surface area contributed by atoms with Crippen molar-refractivity contribution in [3.8, 4) is 0 Å². The molecule has 0 aliphatic heterocycles. The number of amides is 1. The Labute approximate surface area is 130 Å². The summed E-state index contributed by atoms with van der Waals surface area (Å²) in [4.78, 5) is 28.0. The third-order valence-corrected chi connectivity index (χ3v) is 3.60. The first kappa shape index (κ1) is 15.5. The minimum Gasteiger partial charge on any atom is -0.462 e. The van der Waals surface area contributed by atoms with Gasteiger partial charge in [-0.25, -0.2) is 9.78 Å². The number of carbonyl (C=O) groups is 2. The topological polar surface area (TPSA) is 68.3 Å². The van der Waals surface area contributed by atoms with Crippen molar-refractivity contribution in [3.63, 3.8) is 0 Å². The highest BCUT2D eigenvalue weighted by Gasteiger charge is 2.17. The molecule has 0 radical (unpaired) electrons. The van der Waals surface area contributed by atoms with Crippen LogP contribution in [-0.2, 0) is 4.74 Å². The highest BCUT2D eigenvalue weighted by Crippen LogP contribution is 2.25. The van der Waals surface area contributed by atoms with Crippen LogP contribution < -0.4 is 5.32 Å². The highest BCUT2D eigenvalue weighted by atomic mass is 35.5. The van der Waals surface area contributed by atoms with Crippen LogP contribution in [0.15, 0.2) is 23.6 Å². The van der Waals surface area contributed by atoms with E-state index in [0.717, 1.165) is 0 Å². The summed E-state index contributed by atoms with van der Waals surface area (Å²) in [5, 5.41) is 5.10. The average molecular weight is 325 g/mol. The van der Waals surface area contributed by atoms with E-state index >= 15 is 0 Å². The molecule has 0 bridgehead atoms. The van der Waals surface area contributed by atoms with Crippen LogP contribution in [-0.4, -0.2) is 23.5 Å². The van der Waals surface area contributed by atoms with Crippen molar-refractivity contribution in [1.82, 2.24) is 4.98 Å². The van der Waals surface area contributed by atoms with Crippen LogP contribution >= 0.6 is 22.9 Å². The van der Waals surface area contributed by atoms with Crippen LogP contribution in [0.1, 0.15) is 33.3 Å². The van der Waals surface area contributed by atoms with Gasteiger partial charge in [-0.05, 0) is 37.4 Å². The quantitative estimate of drug-likeness (QED) is 0.690. The van der Waals surface area contributed by atoms with Crippen molar-refractivity contribution in [2.45, 2.75) is 13.8 Å². The number of thiophene rings is 1. The number of esters is 1. The maximum atomic E-state index is 12.2. The molecule has 0 unspecified atom stereocenters. The van der Waals surface area contributed by atoms with E-state index in [9.17, 15) is 9.59 Å². The predicted octanol–water partition coefficient (Wildman–Crippen LogP) is 3.53. The Hall–Kier alpha value is -1.92. The Kier molecular flexibility index (Phi) is 4.93. The number of aromatic nitrogens is 1. The molecule has 0 aromatic carbocycles. The van der Waals surface area contributed by atoms with E-state index in [0.29, 0.717) is 21.8 Å². The van der Waals surface area contributed by atoms with E-state index < -0.39 is 5.97 Å². The van der Waals surface area contributed by atoms with E-state index in [-0.39, 0.29) is 17.7 Å². The second-order valence-corrected chi connectivity index (χ2v) is 5.46. The van der Waals surface area contributed by atoms with E-state index in [1.165, 1.54) is 17.4 Å². The van der Waals surface area contributed by atoms with Crippen molar-refractivity contribution in [2.75, 3.05) is 11.9 Å². The number of pyridine rings is 1. The van der Waals surface area contributed by atoms with Crippen LogP contribution in [0.2, 0.25) is 5.15 Å². The molecule has 0 aliphatic rings. The predicted molar refractivity (Wildman–Crippen MR) is 82.2 cm³/mol. The number of nitrogens with one attached hydrogen (secondary N) is 1. The number of aryl methyl sites for hydroxylation is 1. The Bertz CT molecular complexity index is 664. The van der Waals surface area contributed by atoms with E-state index in [1.54, 1.807) is 31.4 Å². The number of nitrogens with zero attached hydrogens (tertiary/aromatic N) is 1. The summed E-state index contributed by atoms with van der Waals surface area (Å²) in [5.74, 6) is -0.812. The maximum absolute atomic E-state index is 12.2. The number of rotatable bonds is 4. The lowest BCUT2D eigenvalue weighted by molar-refractivity contribution is 0.0528. The van der Waals surface area contributed by atoms with Gasteiger partial charge in [-0.1, -0.05) is 11.6 Å². The molecule has 2 aromatic rings. The van der Waals surface area contributed by atoms with E-state index in [4.69, 9.17) is 16.3 Å². The summed E-state index contributed by atoms with van der Waals surface area (Å²) >= 11 is 7.09. The van der Waals surface area contributed by atoms with Crippen molar-refractivity contribution < 1.29 is 14.3 Å². The summed E-state index contributed by atoms with van der Waals surface area (Å²) in [5.41, 5.74) is 1.37. The number of carbonyl (C=O) groups excluding carboxylic acids is 2. The van der Waals surface area contributed by atoms with Crippen LogP contribution in [0, 0.1) is 6.92 Å². The smallest absolute Gasteiger partial charge is 0.341 e. The zero-order valence-electron chi connectivity index (χ0n) is 11.5. The zero-order chi connectivity index (χ0) is 15.4. The van der Waals surface area contributed by atoms with E-state index in [1.807, 2.05) is 0 Å². The third-order valence-electron chi connectivity index (χ3n) is 2.57. The lowest BCUT2D eigenvalue weighted by atomic mass is 10.2. The number of anilines is 1. The van der Waals surface area contributed by atoms with Gasteiger partial charge in [-0.3, -0.25) is 4.79 Å². The van der Waals surface area contributed by atoms with Gasteiger partial charge in [0.25, 0.3) is 5.91 Å². The molecule has 0 saturated heterocycles. The van der Waals surface area contributed by atoms with Crippen LogP contribution in [0.5, 0.6) is 0 Å². The van der Waals surface area contributed by atoms with Gasteiger partial charge in [-0.2, -0.15) is 0 Å². The standard InChI is InChI=1S/C14H13ClN2O3S/c1-3-20-14(19)10-4-5-21-13(10)17-12(18)9-6-8(2)16-11(15)7-9/h4-7H,3H2,1-2H3,(H,17,18). The molecule has 0 atom stereocenters. The molecule has 1 N–H and O–H groups in total. The molecule has 2 aromatic heterocycles. The van der Waals surface area contributed by atoms with Gasteiger partial charge in [0, 0.05) is 11.3 Å². The number of halogens is 1. The van der Waals surface area contributed by atoms with Gasteiger partial charge < -0.3 is 10.1 Å². The lowest BCUT2D eigenvalue weighted by Crippen LogP contribution is -2.14. The highest BCUT2D eigenvalue weighted by molar-refractivity contribution is 7.14. The van der Waals surface area contributed by atoms with Gasteiger partial charge in [0.15, 0.2) is 0 Å². The largest absolute Gasteiger partial charge is 0.462 e. The molecule has 0 spiro atoms. The first-order chi connectivity index (χ1) is 10.0. The van der Waals surface area contributed by atoms with Crippen molar-refractivity contribution in [3.05, 3.63) is 45.6 Å². The van der Waals surface area contributed by atoms with Gasteiger partial charge in [-0.15, -0.1) is 11.3 Å². The zero-order valence-corrected chi connectivity index (χ0v) is 13.0. The Morgan fingerprint density at radius 1 is 1.43 bits per heavy atom. The first-order valence-corrected chi connectivity index (χ1v) is 7.47. The van der Waals surface area contributed by atoms with Gasteiger partial charge in [0.05, 0.1) is 12.2 Å². The molecule has 110 valence electrons. The second kappa shape index (κ2) is 6.69. The minimum atomic E-state index is -0.460. The summed E-state index contributed by atoms with van der Waals surface area (Å²) in [6.07, 6.45) is 0. The van der Waals surface area contributed by atoms with Crippen molar-refractivity contribution in [1.29, 1.82) is 0 Å². The molecule has 0 saturated carbocycles. The Morgan fingerprint density at radius 2 is 2.19 bits per heavy atom. The molecule has 1 amide bonds. The van der Waals surface area contributed by atoms with E-state index in [2.05, 4.69) is 10.3 Å². The third kappa shape index (κ3) is 3.80. The lowest BCUT2D eigenvalue weighted by Gasteiger charge is -2.07. The monoisotopic (exact) mass is 324 g/mol. The second-order valence-electron chi connectivity index (χ2n) is 4.16. The molecular weight excluding hydrogens is 312 g/mol. The molecule has 2 heterocycles. The fourth-order valence-electron chi connectivity index (χ4n) is 1.71. The molecule has 0 aliphatic carbocycles. The molecule has 0 fully saturated rings. The maximum Gasteiger partial charge on any atom is 0.341 e. The van der Waals surface area contributed by atoms with Gasteiger partial charge >= 0.3 is 5.97 Å². The van der Waals surface area contributed by atoms with Crippen molar-refractivity contribution in [2.24, 2.45) is 0 Å². The Balaban J connectivity index is 2.20. The fraction of sp³-hybridized carbons (Fsp3) is 0.214. The Morgan fingerprint density at radius 3 is 2.86 bits per heavy atom. The summed E-state index contributed by atoms with van der Waals surface area (Å²) in [6, 6.07) is 4.71. The fourth-order valence-corrected chi connectivity index (χ4v) is 2.73. The molecule has 5 nitrogen and oxygen atoms in total. The van der Waals surface area contributed by atoms with Crippen LogP contribution in [0.25, 0.3) is 0 Å². The SMILES string of the molecule is CCOC(=O)c1ccsc1NC(=O)c1cc(C)nc(Cl)c1. The number of hydrogen-bond donors (Lipinski definition) is 1. The van der Waals surface area contributed by atoms with Crippen molar-refractivity contribution >= 4 is 39.8 Å². The summed E-state index contributed by atoms with van der Waals surface area (Å²) in [7, 11) is 0.